The largest absolute Gasteiger partial charge is 0.480 e. The number of carbonyl (C=O) groups excluding carboxylic acids is 1. The number of aliphatic carboxylic acids is 1. The Balaban J connectivity index is 1.74. The predicted molar refractivity (Wildman–Crippen MR) is 78.9 cm³/mol. The molecule has 2 heterocycles. The Morgan fingerprint density at radius 2 is 1.71 bits per heavy atom. The highest BCUT2D eigenvalue weighted by Crippen LogP contribution is 2.10. The quantitative estimate of drug-likeness (QED) is 0.694. The lowest BCUT2D eigenvalue weighted by Crippen LogP contribution is -2.55. The van der Waals surface area contributed by atoms with Gasteiger partial charge in [-0.15, -0.1) is 0 Å². The molecule has 0 aromatic carbocycles. The van der Waals surface area contributed by atoms with Crippen molar-refractivity contribution in [1.82, 2.24) is 14.7 Å². The third-order valence-corrected chi connectivity index (χ3v) is 4.56. The molecule has 0 aromatic rings. The van der Waals surface area contributed by atoms with Crippen molar-refractivity contribution in [3.8, 4) is 0 Å². The molecule has 1 amide bonds. The van der Waals surface area contributed by atoms with Gasteiger partial charge in [0.15, 0.2) is 0 Å². The minimum absolute atomic E-state index is 0.146. The molecule has 2 rings (SSSR count). The van der Waals surface area contributed by atoms with E-state index in [-0.39, 0.29) is 11.9 Å². The van der Waals surface area contributed by atoms with Gasteiger partial charge in [-0.3, -0.25) is 19.4 Å². The van der Waals surface area contributed by atoms with Crippen LogP contribution < -0.4 is 5.73 Å². The second-order valence-corrected chi connectivity index (χ2v) is 6.04. The fourth-order valence-corrected chi connectivity index (χ4v) is 2.92. The number of amides is 1. The highest BCUT2D eigenvalue weighted by molar-refractivity contribution is 5.78. The second kappa shape index (κ2) is 7.20. The summed E-state index contributed by atoms with van der Waals surface area (Å²) in [5.41, 5.74) is 5.86. The minimum Gasteiger partial charge on any atom is -0.480 e. The highest BCUT2D eigenvalue weighted by Gasteiger charge is 2.28. The molecule has 0 radical (unpaired) electrons. The van der Waals surface area contributed by atoms with E-state index in [1.165, 1.54) is 0 Å². The van der Waals surface area contributed by atoms with Crippen molar-refractivity contribution in [2.45, 2.75) is 31.8 Å². The summed E-state index contributed by atoms with van der Waals surface area (Å²) in [6.07, 6.45) is 1.91. The summed E-state index contributed by atoms with van der Waals surface area (Å²) < 4.78 is 0. The molecule has 2 aliphatic heterocycles. The summed E-state index contributed by atoms with van der Waals surface area (Å²) in [6, 6.07) is -0.205. The third kappa shape index (κ3) is 4.39. The summed E-state index contributed by atoms with van der Waals surface area (Å²) in [5.74, 6) is -0.660. The van der Waals surface area contributed by atoms with Crippen LogP contribution in [0.25, 0.3) is 0 Å². The molecule has 21 heavy (non-hydrogen) atoms. The van der Waals surface area contributed by atoms with Crippen LogP contribution in [0.3, 0.4) is 0 Å². The maximum Gasteiger partial charge on any atom is 0.320 e. The molecule has 2 aliphatic rings. The van der Waals surface area contributed by atoms with E-state index in [0.29, 0.717) is 32.7 Å². The first-order valence-electron chi connectivity index (χ1n) is 7.70. The lowest BCUT2D eigenvalue weighted by molar-refractivity contribution is -0.144. The molecule has 3 N–H and O–H groups in total. The number of carboxylic acids is 1. The van der Waals surface area contributed by atoms with Crippen molar-refractivity contribution in [3.05, 3.63) is 0 Å². The van der Waals surface area contributed by atoms with Gasteiger partial charge in [-0.2, -0.15) is 0 Å². The maximum absolute atomic E-state index is 12.3. The Bertz CT molecular complexity index is 374. The molecular formula is C14H26N4O3. The van der Waals surface area contributed by atoms with Crippen molar-refractivity contribution in [2.75, 3.05) is 45.8 Å². The highest BCUT2D eigenvalue weighted by atomic mass is 16.4. The Hall–Kier alpha value is -1.18. The van der Waals surface area contributed by atoms with Crippen LogP contribution in [0.1, 0.15) is 19.8 Å². The minimum atomic E-state index is -0.806. The molecule has 1 atom stereocenters. The average molecular weight is 298 g/mol. The molecule has 0 saturated carbocycles. The number of likely N-dealkylation sites (tertiary alicyclic amines) is 1. The monoisotopic (exact) mass is 298 g/mol. The van der Waals surface area contributed by atoms with E-state index in [9.17, 15) is 9.59 Å². The van der Waals surface area contributed by atoms with Gasteiger partial charge < -0.3 is 15.7 Å². The van der Waals surface area contributed by atoms with Gasteiger partial charge in [-0.1, -0.05) is 0 Å². The molecule has 0 spiro atoms. The summed E-state index contributed by atoms with van der Waals surface area (Å²) in [6.45, 7) is 6.42. The van der Waals surface area contributed by atoms with Crippen LogP contribution in [-0.2, 0) is 9.59 Å². The average Bonchev–Trinajstić information content (AvgIpc) is 2.49. The third-order valence-electron chi connectivity index (χ3n) is 4.56. The van der Waals surface area contributed by atoms with E-state index < -0.39 is 12.0 Å². The molecule has 2 fully saturated rings. The van der Waals surface area contributed by atoms with Crippen molar-refractivity contribution in [3.63, 3.8) is 0 Å². The standard InChI is InChI=1S/C14H26N4O3/c1-11(14(20)21)17-6-8-18(9-7-17)13(19)10-16-4-2-12(15)3-5-16/h11-12H,2-10,15H2,1H3,(H,20,21). The number of nitrogens with two attached hydrogens (primary N) is 1. The zero-order valence-corrected chi connectivity index (χ0v) is 12.7. The van der Waals surface area contributed by atoms with E-state index >= 15 is 0 Å². The summed E-state index contributed by atoms with van der Waals surface area (Å²) in [7, 11) is 0. The number of piperazine rings is 1. The number of nitrogens with zero attached hydrogens (tertiary/aromatic N) is 3. The maximum atomic E-state index is 12.3. The number of hydrogen-bond donors (Lipinski definition) is 2. The van der Waals surface area contributed by atoms with Crippen LogP contribution in [0.2, 0.25) is 0 Å². The van der Waals surface area contributed by atoms with Crippen molar-refractivity contribution in [1.29, 1.82) is 0 Å². The van der Waals surface area contributed by atoms with Crippen LogP contribution in [0, 0.1) is 0 Å². The molecular weight excluding hydrogens is 272 g/mol. The van der Waals surface area contributed by atoms with Gasteiger partial charge in [0, 0.05) is 45.3 Å². The molecule has 2 saturated heterocycles. The lowest BCUT2D eigenvalue weighted by Gasteiger charge is -2.38. The van der Waals surface area contributed by atoms with Gasteiger partial charge in [0.2, 0.25) is 5.91 Å². The smallest absolute Gasteiger partial charge is 0.320 e. The Morgan fingerprint density at radius 1 is 1.14 bits per heavy atom. The molecule has 1 unspecified atom stereocenters. The Labute approximate surface area is 125 Å². The van der Waals surface area contributed by atoms with Crippen molar-refractivity contribution >= 4 is 11.9 Å². The van der Waals surface area contributed by atoms with E-state index in [1.54, 1.807) is 6.92 Å². The molecule has 120 valence electrons. The second-order valence-electron chi connectivity index (χ2n) is 6.04. The van der Waals surface area contributed by atoms with Crippen LogP contribution >= 0.6 is 0 Å². The molecule has 0 aliphatic carbocycles. The zero-order chi connectivity index (χ0) is 15.4. The molecule has 7 heteroatoms. The first kappa shape index (κ1) is 16.2. The lowest BCUT2D eigenvalue weighted by atomic mass is 10.1. The van der Waals surface area contributed by atoms with Gasteiger partial charge in [0.25, 0.3) is 0 Å². The van der Waals surface area contributed by atoms with Gasteiger partial charge in [0.1, 0.15) is 6.04 Å². The Morgan fingerprint density at radius 3 is 2.24 bits per heavy atom. The first-order valence-corrected chi connectivity index (χ1v) is 7.70. The Kier molecular flexibility index (Phi) is 5.55. The predicted octanol–water partition coefficient (Wildman–Crippen LogP) is -0.973. The fraction of sp³-hybridized carbons (Fsp3) is 0.857. The number of piperidine rings is 1. The molecule has 0 bridgehead atoms. The van der Waals surface area contributed by atoms with Crippen LogP contribution in [-0.4, -0.2) is 89.6 Å². The number of rotatable bonds is 4. The molecule has 0 aromatic heterocycles. The van der Waals surface area contributed by atoms with E-state index in [0.717, 1.165) is 25.9 Å². The van der Waals surface area contributed by atoms with E-state index in [2.05, 4.69) is 4.90 Å². The summed E-state index contributed by atoms with van der Waals surface area (Å²) in [5, 5.41) is 9.01. The van der Waals surface area contributed by atoms with E-state index in [4.69, 9.17) is 10.8 Å². The van der Waals surface area contributed by atoms with Gasteiger partial charge in [0.05, 0.1) is 6.54 Å². The fourth-order valence-electron chi connectivity index (χ4n) is 2.92. The van der Waals surface area contributed by atoms with Crippen LogP contribution in [0.5, 0.6) is 0 Å². The molecule has 7 nitrogen and oxygen atoms in total. The summed E-state index contributed by atoms with van der Waals surface area (Å²) >= 11 is 0. The summed E-state index contributed by atoms with van der Waals surface area (Å²) in [4.78, 5) is 29.2. The van der Waals surface area contributed by atoms with Crippen molar-refractivity contribution in [2.24, 2.45) is 5.73 Å². The number of carbonyl (C=O) groups is 2. The zero-order valence-electron chi connectivity index (χ0n) is 12.7. The number of carboxylic acid groups (broad SMARTS) is 1. The normalized spacial score (nSPS) is 24.0. The SMILES string of the molecule is CC(C(=O)O)N1CCN(C(=O)CN2CCC(N)CC2)CC1. The van der Waals surface area contributed by atoms with Gasteiger partial charge in [-0.25, -0.2) is 0 Å². The van der Waals surface area contributed by atoms with Crippen molar-refractivity contribution < 1.29 is 14.7 Å². The first-order chi connectivity index (χ1) is 9.97. The number of hydrogen-bond acceptors (Lipinski definition) is 5. The van der Waals surface area contributed by atoms with Gasteiger partial charge in [-0.05, 0) is 19.8 Å². The van der Waals surface area contributed by atoms with E-state index in [1.807, 2.05) is 9.80 Å². The van der Waals surface area contributed by atoms with Crippen LogP contribution in [0.15, 0.2) is 0 Å². The topological polar surface area (TPSA) is 90.1 Å². The van der Waals surface area contributed by atoms with Gasteiger partial charge >= 0.3 is 5.97 Å². The van der Waals surface area contributed by atoms with Crippen LogP contribution in [0.4, 0.5) is 0 Å².